The van der Waals surface area contributed by atoms with Crippen LogP contribution in [0.2, 0.25) is 0 Å². The standard InChI is InChI=1S/C18H22N2/c1-14-7-5-6-10-16(14)17-12-19-13-18(17)20-11-15-8-3-2-4-9-15/h2-10,17-20H,11-13H2,1H3/t17-,18+/m0/s1. The maximum absolute atomic E-state index is 3.71. The van der Waals surface area contributed by atoms with Crippen molar-refractivity contribution in [2.75, 3.05) is 13.1 Å². The van der Waals surface area contributed by atoms with Gasteiger partial charge in [-0.25, -0.2) is 0 Å². The predicted octanol–water partition coefficient (Wildman–Crippen LogP) is 2.84. The van der Waals surface area contributed by atoms with Crippen LogP contribution in [0.15, 0.2) is 54.6 Å². The highest BCUT2D eigenvalue weighted by molar-refractivity contribution is 5.32. The zero-order valence-electron chi connectivity index (χ0n) is 12.0. The lowest BCUT2D eigenvalue weighted by Crippen LogP contribution is -2.34. The maximum Gasteiger partial charge on any atom is 0.0276 e. The minimum Gasteiger partial charge on any atom is -0.314 e. The van der Waals surface area contributed by atoms with Gasteiger partial charge >= 0.3 is 0 Å². The zero-order chi connectivity index (χ0) is 13.8. The predicted molar refractivity (Wildman–Crippen MR) is 83.9 cm³/mol. The number of nitrogens with one attached hydrogen (secondary N) is 2. The lowest BCUT2D eigenvalue weighted by atomic mass is 9.91. The number of hydrogen-bond acceptors (Lipinski definition) is 2. The molecule has 0 amide bonds. The van der Waals surface area contributed by atoms with Gasteiger partial charge in [-0.2, -0.15) is 0 Å². The van der Waals surface area contributed by atoms with Gasteiger partial charge in [-0.1, -0.05) is 54.6 Å². The van der Waals surface area contributed by atoms with Gasteiger partial charge in [-0.3, -0.25) is 0 Å². The molecule has 2 atom stereocenters. The molecule has 1 saturated heterocycles. The van der Waals surface area contributed by atoms with E-state index in [9.17, 15) is 0 Å². The maximum atomic E-state index is 3.71. The summed E-state index contributed by atoms with van der Waals surface area (Å²) >= 11 is 0. The minimum atomic E-state index is 0.510. The van der Waals surface area contributed by atoms with Gasteiger partial charge in [0.05, 0.1) is 0 Å². The van der Waals surface area contributed by atoms with Crippen molar-refractivity contribution >= 4 is 0 Å². The van der Waals surface area contributed by atoms with Crippen LogP contribution in [-0.2, 0) is 6.54 Å². The highest BCUT2D eigenvalue weighted by Gasteiger charge is 2.28. The van der Waals surface area contributed by atoms with Gasteiger partial charge < -0.3 is 10.6 Å². The Hall–Kier alpha value is -1.64. The van der Waals surface area contributed by atoms with Crippen molar-refractivity contribution in [3.8, 4) is 0 Å². The largest absolute Gasteiger partial charge is 0.314 e. The fourth-order valence-electron chi connectivity index (χ4n) is 3.07. The van der Waals surface area contributed by atoms with E-state index in [0.717, 1.165) is 19.6 Å². The van der Waals surface area contributed by atoms with Crippen molar-refractivity contribution < 1.29 is 0 Å². The molecule has 2 N–H and O–H groups in total. The van der Waals surface area contributed by atoms with Crippen LogP contribution in [0.3, 0.4) is 0 Å². The monoisotopic (exact) mass is 266 g/mol. The molecule has 0 radical (unpaired) electrons. The van der Waals surface area contributed by atoms with Crippen LogP contribution >= 0.6 is 0 Å². The van der Waals surface area contributed by atoms with Crippen molar-refractivity contribution in [2.45, 2.75) is 25.4 Å². The quantitative estimate of drug-likeness (QED) is 0.889. The van der Waals surface area contributed by atoms with Gasteiger partial charge in [0, 0.05) is 31.6 Å². The van der Waals surface area contributed by atoms with E-state index < -0.39 is 0 Å². The van der Waals surface area contributed by atoms with Crippen molar-refractivity contribution in [2.24, 2.45) is 0 Å². The first-order valence-electron chi connectivity index (χ1n) is 7.38. The van der Waals surface area contributed by atoms with E-state index in [2.05, 4.69) is 72.2 Å². The zero-order valence-corrected chi connectivity index (χ0v) is 12.0. The first-order valence-corrected chi connectivity index (χ1v) is 7.38. The van der Waals surface area contributed by atoms with Gasteiger partial charge in [0.1, 0.15) is 0 Å². The number of hydrogen-bond donors (Lipinski definition) is 2. The molecule has 0 spiro atoms. The van der Waals surface area contributed by atoms with Crippen LogP contribution in [0.1, 0.15) is 22.6 Å². The smallest absolute Gasteiger partial charge is 0.0276 e. The summed E-state index contributed by atoms with van der Waals surface area (Å²) in [6, 6.07) is 19.9. The average Bonchev–Trinajstić information content (AvgIpc) is 2.95. The summed E-state index contributed by atoms with van der Waals surface area (Å²) in [4.78, 5) is 0. The molecule has 1 heterocycles. The Kier molecular flexibility index (Phi) is 4.14. The second kappa shape index (κ2) is 6.21. The van der Waals surface area contributed by atoms with E-state index >= 15 is 0 Å². The molecule has 20 heavy (non-hydrogen) atoms. The van der Waals surface area contributed by atoms with Gasteiger partial charge in [0.25, 0.3) is 0 Å². The van der Waals surface area contributed by atoms with E-state index in [1.54, 1.807) is 0 Å². The normalized spacial score (nSPS) is 22.1. The third-order valence-corrected chi connectivity index (χ3v) is 4.21. The lowest BCUT2D eigenvalue weighted by molar-refractivity contribution is 0.502. The second-order valence-electron chi connectivity index (χ2n) is 5.59. The molecule has 2 nitrogen and oxygen atoms in total. The van der Waals surface area contributed by atoms with Crippen LogP contribution in [0.25, 0.3) is 0 Å². The lowest BCUT2D eigenvalue weighted by Gasteiger charge is -2.22. The molecule has 0 unspecified atom stereocenters. The SMILES string of the molecule is Cc1ccccc1[C@@H]1CNC[C@H]1NCc1ccccc1. The minimum absolute atomic E-state index is 0.510. The van der Waals surface area contributed by atoms with Gasteiger partial charge in [0.2, 0.25) is 0 Å². The van der Waals surface area contributed by atoms with Crippen LogP contribution < -0.4 is 10.6 Å². The van der Waals surface area contributed by atoms with Gasteiger partial charge in [-0.05, 0) is 23.6 Å². The molecule has 0 aliphatic carbocycles. The molecule has 104 valence electrons. The summed E-state index contributed by atoms with van der Waals surface area (Å²) in [6.07, 6.45) is 0. The topological polar surface area (TPSA) is 24.1 Å². The Bertz CT molecular complexity index is 550. The molecule has 3 rings (SSSR count). The molecule has 0 aromatic heterocycles. The summed E-state index contributed by atoms with van der Waals surface area (Å²) in [6.45, 7) is 5.26. The average molecular weight is 266 g/mol. The summed E-state index contributed by atoms with van der Waals surface area (Å²) in [5.74, 6) is 0.569. The molecule has 2 heteroatoms. The van der Waals surface area contributed by atoms with E-state index in [4.69, 9.17) is 0 Å². The van der Waals surface area contributed by atoms with Gasteiger partial charge in [0.15, 0.2) is 0 Å². The van der Waals surface area contributed by atoms with Crippen LogP contribution in [-0.4, -0.2) is 19.1 Å². The Morgan fingerprint density at radius 1 is 1.00 bits per heavy atom. The van der Waals surface area contributed by atoms with E-state index in [0.29, 0.717) is 12.0 Å². The fraction of sp³-hybridized carbons (Fsp3) is 0.333. The highest BCUT2D eigenvalue weighted by Crippen LogP contribution is 2.25. The molecule has 2 aromatic rings. The van der Waals surface area contributed by atoms with Crippen molar-refractivity contribution in [1.82, 2.24) is 10.6 Å². The number of rotatable bonds is 4. The number of aryl methyl sites for hydroxylation is 1. The van der Waals surface area contributed by atoms with Crippen LogP contribution in [0.5, 0.6) is 0 Å². The summed E-state index contributed by atoms with van der Waals surface area (Å²) in [5.41, 5.74) is 4.22. The van der Waals surface area contributed by atoms with Gasteiger partial charge in [-0.15, -0.1) is 0 Å². The summed E-state index contributed by atoms with van der Waals surface area (Å²) in [5, 5.41) is 7.23. The Morgan fingerprint density at radius 2 is 1.75 bits per heavy atom. The molecular weight excluding hydrogens is 244 g/mol. The Labute approximate surface area is 121 Å². The second-order valence-corrected chi connectivity index (χ2v) is 5.59. The molecule has 1 aliphatic heterocycles. The van der Waals surface area contributed by atoms with E-state index in [-0.39, 0.29) is 0 Å². The van der Waals surface area contributed by atoms with Crippen molar-refractivity contribution in [1.29, 1.82) is 0 Å². The summed E-state index contributed by atoms with van der Waals surface area (Å²) in [7, 11) is 0. The fourth-order valence-corrected chi connectivity index (χ4v) is 3.07. The highest BCUT2D eigenvalue weighted by atomic mass is 15.0. The molecule has 2 aromatic carbocycles. The van der Waals surface area contributed by atoms with Crippen LogP contribution in [0, 0.1) is 6.92 Å². The first kappa shape index (κ1) is 13.3. The molecule has 0 bridgehead atoms. The molecule has 1 aliphatic rings. The first-order chi connectivity index (χ1) is 9.84. The molecule has 1 fully saturated rings. The van der Waals surface area contributed by atoms with Crippen molar-refractivity contribution in [3.05, 3.63) is 71.3 Å². The van der Waals surface area contributed by atoms with Crippen LogP contribution in [0.4, 0.5) is 0 Å². The van der Waals surface area contributed by atoms with E-state index in [1.165, 1.54) is 16.7 Å². The number of benzene rings is 2. The van der Waals surface area contributed by atoms with E-state index in [1.807, 2.05) is 0 Å². The Morgan fingerprint density at radius 3 is 2.55 bits per heavy atom. The summed E-state index contributed by atoms with van der Waals surface area (Å²) < 4.78 is 0. The molecular formula is C18H22N2. The van der Waals surface area contributed by atoms with Crippen molar-refractivity contribution in [3.63, 3.8) is 0 Å². The third-order valence-electron chi connectivity index (χ3n) is 4.21. The molecule has 0 saturated carbocycles. The third kappa shape index (κ3) is 2.92. The Balaban J connectivity index is 1.69.